The second-order valence-electron chi connectivity index (χ2n) is 1.13. The van der Waals surface area contributed by atoms with Crippen LogP contribution in [0.25, 0.3) is 0 Å². The molecule has 0 rings (SSSR count). The molecular weight excluding hydrogens is 261 g/mol. The summed E-state index contributed by atoms with van der Waals surface area (Å²) in [5.41, 5.74) is 0. The van der Waals surface area contributed by atoms with Crippen molar-refractivity contribution in [2.75, 3.05) is 0 Å². The summed E-state index contributed by atoms with van der Waals surface area (Å²) in [5.74, 6) is 0. The van der Waals surface area contributed by atoms with E-state index >= 15 is 0 Å². The molecule has 0 aromatic rings. The van der Waals surface area contributed by atoms with Gasteiger partial charge in [-0.2, -0.15) is 0 Å². The predicted molar refractivity (Wildman–Crippen MR) is 29.9 cm³/mol. The molecule has 0 bridgehead atoms. The molecule has 0 saturated carbocycles. The zero-order valence-corrected chi connectivity index (χ0v) is 7.66. The normalized spacial score (nSPS) is 18.0. The van der Waals surface area contributed by atoms with Crippen molar-refractivity contribution < 1.29 is 45.5 Å². The minimum atomic E-state index is -4.41. The monoisotopic (exact) mass is 269 g/mol. The summed E-state index contributed by atoms with van der Waals surface area (Å²) >= 11 is -1.70. The molecule has 6 nitrogen and oxygen atoms in total. The third-order valence-electron chi connectivity index (χ3n) is 0.224. The van der Waals surface area contributed by atoms with Gasteiger partial charge in [-0.3, -0.25) is 0 Å². The van der Waals surface area contributed by atoms with Gasteiger partial charge in [0.1, 0.15) is 0 Å². The van der Waals surface area contributed by atoms with Crippen LogP contribution in [0.5, 0.6) is 0 Å². The van der Waals surface area contributed by atoms with Crippen LogP contribution in [-0.2, 0) is 16.2 Å². The van der Waals surface area contributed by atoms with E-state index in [1.54, 1.807) is 0 Å². The van der Waals surface area contributed by atoms with Gasteiger partial charge in [-0.05, 0) is 0 Å². The Morgan fingerprint density at radius 3 is 0.889 bits per heavy atom. The Morgan fingerprint density at radius 2 is 0.889 bits per heavy atom. The maximum atomic E-state index is 8.19. The topological polar surface area (TPSA) is 121 Å². The van der Waals surface area contributed by atoms with Gasteiger partial charge in [0.05, 0.1) is 0 Å². The first-order valence-electron chi connectivity index (χ1n) is 1.67. The van der Waals surface area contributed by atoms with Crippen molar-refractivity contribution in [3.8, 4) is 0 Å². The molecule has 0 fully saturated rings. The van der Waals surface area contributed by atoms with Crippen LogP contribution in [0.15, 0.2) is 0 Å². The van der Waals surface area contributed by atoms with Gasteiger partial charge in [-0.15, -0.1) is 0 Å². The molecule has 0 radical (unpaired) electrons. The van der Waals surface area contributed by atoms with E-state index in [0.717, 1.165) is 0 Å². The molecule has 0 aliphatic carbocycles. The van der Waals surface area contributed by atoms with Gasteiger partial charge in [0.15, 0.2) is 0 Å². The van der Waals surface area contributed by atoms with Crippen molar-refractivity contribution in [1.82, 2.24) is 0 Å². The van der Waals surface area contributed by atoms with Crippen molar-refractivity contribution in [2.24, 2.45) is 0 Å². The van der Waals surface area contributed by atoms with Crippen molar-refractivity contribution in [3.05, 3.63) is 0 Å². The van der Waals surface area contributed by atoms with Crippen LogP contribution in [0, 0.1) is 0 Å². The molecule has 0 saturated heterocycles. The van der Waals surface area contributed by atoms with Gasteiger partial charge in [0.2, 0.25) is 0 Å². The van der Waals surface area contributed by atoms with E-state index in [9.17, 15) is 0 Å². The molecule has 0 unspecified atom stereocenters. The summed E-state index contributed by atoms with van der Waals surface area (Å²) in [6.45, 7) is 0. The molecule has 0 atom stereocenters. The second kappa shape index (κ2) is 3.10. The fourth-order valence-corrected chi connectivity index (χ4v) is 7.99. The van der Waals surface area contributed by atoms with E-state index in [2.05, 4.69) is 0 Å². The molecule has 9 heteroatoms. The molecule has 0 aliphatic rings. The van der Waals surface area contributed by atoms with Crippen molar-refractivity contribution in [1.29, 1.82) is 0 Å². The fourth-order valence-electron chi connectivity index (χ4n) is 0.150. The quantitative estimate of drug-likeness (QED) is 0.251. The summed E-state index contributed by atoms with van der Waals surface area (Å²) in [5, 5.41) is 0. The molecule has 0 amide bonds. The maximum absolute atomic E-state index is 8.19. The SMILES string of the molecule is O[PH](O)(O)[Rh][PH](O)(O)O. The zero-order valence-electron chi connectivity index (χ0n) is 4.02. The fraction of sp³-hybridized carbons (Fsp3) is 0. The molecular formula is H8O6P2Rh. The Balaban J connectivity index is 3.75. The molecule has 0 aliphatic heterocycles. The van der Waals surface area contributed by atoms with E-state index in [0.29, 0.717) is 0 Å². The second-order valence-corrected chi connectivity index (χ2v) is 14.2. The van der Waals surface area contributed by atoms with Gasteiger partial charge in [-0.1, -0.05) is 0 Å². The molecule has 0 aromatic carbocycles. The number of hydrogen-bond acceptors (Lipinski definition) is 6. The van der Waals surface area contributed by atoms with Crippen LogP contribution in [0.3, 0.4) is 0 Å². The Labute approximate surface area is 58.6 Å². The van der Waals surface area contributed by atoms with E-state index < -0.39 is 28.7 Å². The van der Waals surface area contributed by atoms with Gasteiger partial charge >= 0.3 is 58.1 Å². The zero-order chi connectivity index (χ0) is 7.71. The minimum absolute atomic E-state index is 1.70. The summed E-state index contributed by atoms with van der Waals surface area (Å²) in [7, 11) is 0. The molecule has 0 aromatic heterocycles. The molecule has 0 heterocycles. The van der Waals surface area contributed by atoms with Crippen LogP contribution in [0.4, 0.5) is 0 Å². The molecule has 63 valence electrons. The van der Waals surface area contributed by atoms with Crippen molar-refractivity contribution >= 4 is 12.6 Å². The van der Waals surface area contributed by atoms with E-state index in [-0.39, 0.29) is 0 Å². The average molecular weight is 269 g/mol. The van der Waals surface area contributed by atoms with Crippen LogP contribution < -0.4 is 0 Å². The summed E-state index contributed by atoms with van der Waals surface area (Å²) in [4.78, 5) is 49.1. The average Bonchev–Trinajstić information content (AvgIpc) is 1.14. The van der Waals surface area contributed by atoms with Crippen molar-refractivity contribution in [2.45, 2.75) is 0 Å². The Morgan fingerprint density at radius 1 is 0.667 bits per heavy atom. The first-order chi connectivity index (χ1) is 3.71. The molecule has 0 spiro atoms. The number of rotatable bonds is 2. The van der Waals surface area contributed by atoms with Crippen molar-refractivity contribution in [3.63, 3.8) is 0 Å². The molecule has 9 heavy (non-hydrogen) atoms. The van der Waals surface area contributed by atoms with E-state index in [4.69, 9.17) is 29.4 Å². The third-order valence-corrected chi connectivity index (χ3v) is 11.9. The van der Waals surface area contributed by atoms with Gasteiger partial charge in [-0.25, -0.2) is 0 Å². The van der Waals surface area contributed by atoms with Crippen LogP contribution in [-0.4, -0.2) is 29.4 Å². The van der Waals surface area contributed by atoms with Gasteiger partial charge in [0, 0.05) is 0 Å². The van der Waals surface area contributed by atoms with Crippen LogP contribution in [0.2, 0.25) is 0 Å². The van der Waals surface area contributed by atoms with Crippen LogP contribution in [0.1, 0.15) is 0 Å². The summed E-state index contributed by atoms with van der Waals surface area (Å²) in [6.07, 6.45) is -8.82. The first kappa shape index (κ1) is 10.2. The third kappa shape index (κ3) is 9.24. The van der Waals surface area contributed by atoms with Gasteiger partial charge in [0.25, 0.3) is 0 Å². The summed E-state index contributed by atoms with van der Waals surface area (Å²) in [6, 6.07) is 0. The number of hydrogen-bond donors (Lipinski definition) is 6. The van der Waals surface area contributed by atoms with Gasteiger partial charge < -0.3 is 0 Å². The Bertz CT molecular complexity index is 76.2. The Kier molecular flexibility index (Phi) is 3.52. The van der Waals surface area contributed by atoms with E-state index in [1.165, 1.54) is 0 Å². The van der Waals surface area contributed by atoms with E-state index in [1.807, 2.05) is 0 Å². The first-order valence-corrected chi connectivity index (χ1v) is 9.94. The summed E-state index contributed by atoms with van der Waals surface area (Å²) < 4.78 is 0. The predicted octanol–water partition coefficient (Wildman–Crippen LogP) is -2.16. The standard InChI is InChI=1S/2H4O3P.Rh/c2*1-4(2)3;/h2*1-4H;/q2*+1;-2. The Hall–Kier alpha value is 1.24. The molecule has 6 N–H and O–H groups in total. The van der Waals surface area contributed by atoms with Crippen LogP contribution >= 0.6 is 12.6 Å².